The molecule has 1 aromatic carbocycles. The summed E-state index contributed by atoms with van der Waals surface area (Å²) in [6.07, 6.45) is 0. The van der Waals surface area contributed by atoms with Crippen molar-refractivity contribution in [1.82, 2.24) is 5.32 Å². The molecule has 1 aliphatic heterocycles. The molecule has 2 rings (SSSR count). The Hall–Kier alpha value is -1.58. The summed E-state index contributed by atoms with van der Waals surface area (Å²) < 4.78 is 13.2. The zero-order chi connectivity index (χ0) is 9.42. The van der Waals surface area contributed by atoms with Gasteiger partial charge in [-0.3, -0.25) is 0 Å². The second kappa shape index (κ2) is 2.73. The zero-order valence-corrected chi connectivity index (χ0v) is 7.10. The molecule has 0 saturated carbocycles. The van der Waals surface area contributed by atoms with Crippen molar-refractivity contribution < 1.29 is 9.18 Å². The smallest absolute Gasteiger partial charge is 0.319 e. The number of carbonyl (C=O) groups is 1. The Balaban J connectivity index is 2.54. The van der Waals surface area contributed by atoms with E-state index in [9.17, 15) is 9.18 Å². The van der Waals surface area contributed by atoms with E-state index in [0.717, 1.165) is 5.56 Å². The average Bonchev–Trinajstić information content (AvgIpc) is 2.07. The molecule has 0 spiro atoms. The highest BCUT2D eigenvalue weighted by atomic mass is 19.1. The molecule has 1 aliphatic rings. The van der Waals surface area contributed by atoms with Crippen LogP contribution in [0.2, 0.25) is 0 Å². The van der Waals surface area contributed by atoms with Crippen molar-refractivity contribution in [3.8, 4) is 0 Å². The number of anilines is 1. The van der Waals surface area contributed by atoms with Gasteiger partial charge in [0.25, 0.3) is 0 Å². The maximum atomic E-state index is 13.2. The number of hydrogen-bond acceptors (Lipinski definition) is 1. The van der Waals surface area contributed by atoms with E-state index in [0.29, 0.717) is 5.69 Å². The molecule has 0 aromatic heterocycles. The van der Waals surface area contributed by atoms with Crippen molar-refractivity contribution in [2.75, 3.05) is 5.32 Å². The minimum Gasteiger partial charge on any atom is -0.331 e. The lowest BCUT2D eigenvalue weighted by Gasteiger charge is -2.24. The minimum atomic E-state index is -0.390. The van der Waals surface area contributed by atoms with Crippen LogP contribution >= 0.6 is 0 Å². The van der Waals surface area contributed by atoms with Crippen LogP contribution in [0, 0.1) is 5.82 Å². The molecule has 1 unspecified atom stereocenters. The number of amides is 2. The number of rotatable bonds is 0. The van der Waals surface area contributed by atoms with Gasteiger partial charge in [-0.15, -0.1) is 0 Å². The molecular weight excluding hydrogens is 171 g/mol. The van der Waals surface area contributed by atoms with Gasteiger partial charge in [0.05, 0.1) is 11.7 Å². The average molecular weight is 180 g/mol. The van der Waals surface area contributed by atoms with Crippen molar-refractivity contribution in [1.29, 1.82) is 0 Å². The van der Waals surface area contributed by atoms with E-state index in [1.807, 2.05) is 6.92 Å². The van der Waals surface area contributed by atoms with Crippen molar-refractivity contribution in [3.63, 3.8) is 0 Å². The molecule has 0 fully saturated rings. The number of halogens is 1. The largest absolute Gasteiger partial charge is 0.331 e. The fourth-order valence-corrected chi connectivity index (χ4v) is 1.46. The number of urea groups is 1. The number of para-hydroxylation sites is 1. The molecule has 0 bridgehead atoms. The minimum absolute atomic E-state index is 0.139. The van der Waals surface area contributed by atoms with Crippen LogP contribution in [0.25, 0.3) is 0 Å². The molecule has 2 N–H and O–H groups in total. The summed E-state index contributed by atoms with van der Waals surface area (Å²) in [6.45, 7) is 1.82. The van der Waals surface area contributed by atoms with Gasteiger partial charge < -0.3 is 10.6 Å². The molecule has 0 aliphatic carbocycles. The fourth-order valence-electron chi connectivity index (χ4n) is 1.46. The maximum absolute atomic E-state index is 13.2. The van der Waals surface area contributed by atoms with Crippen LogP contribution in [0.15, 0.2) is 18.2 Å². The molecule has 1 atom stereocenters. The van der Waals surface area contributed by atoms with Crippen molar-refractivity contribution in [2.45, 2.75) is 13.0 Å². The topological polar surface area (TPSA) is 41.1 Å². The van der Waals surface area contributed by atoms with Crippen molar-refractivity contribution in [3.05, 3.63) is 29.6 Å². The van der Waals surface area contributed by atoms with E-state index in [4.69, 9.17) is 0 Å². The first kappa shape index (κ1) is 8.04. The first-order chi connectivity index (χ1) is 6.18. The van der Waals surface area contributed by atoms with Gasteiger partial charge in [0.1, 0.15) is 5.82 Å². The molecule has 2 amide bonds. The summed E-state index contributed by atoms with van der Waals surface area (Å²) in [5, 5.41) is 5.08. The molecule has 68 valence electrons. The van der Waals surface area contributed by atoms with Gasteiger partial charge in [-0.05, 0) is 13.0 Å². The predicted molar refractivity (Wildman–Crippen MR) is 47.0 cm³/mol. The molecule has 4 heteroatoms. The molecular formula is C9H9FN2O. The number of hydrogen-bond donors (Lipinski definition) is 2. The van der Waals surface area contributed by atoms with Gasteiger partial charge in [-0.2, -0.15) is 0 Å². The van der Waals surface area contributed by atoms with Crippen LogP contribution < -0.4 is 10.6 Å². The van der Waals surface area contributed by atoms with Gasteiger partial charge >= 0.3 is 6.03 Å². The van der Waals surface area contributed by atoms with Gasteiger partial charge in [0, 0.05) is 5.56 Å². The summed E-state index contributed by atoms with van der Waals surface area (Å²) in [7, 11) is 0. The molecule has 3 nitrogen and oxygen atoms in total. The summed E-state index contributed by atoms with van der Waals surface area (Å²) in [6, 6.07) is 4.25. The first-order valence-electron chi connectivity index (χ1n) is 4.04. The highest BCUT2D eigenvalue weighted by Gasteiger charge is 2.22. The van der Waals surface area contributed by atoms with Crippen LogP contribution in [0.1, 0.15) is 18.5 Å². The van der Waals surface area contributed by atoms with Gasteiger partial charge in [-0.25, -0.2) is 9.18 Å². The third-order valence-electron chi connectivity index (χ3n) is 2.10. The van der Waals surface area contributed by atoms with E-state index in [-0.39, 0.29) is 17.9 Å². The van der Waals surface area contributed by atoms with E-state index < -0.39 is 0 Å². The van der Waals surface area contributed by atoms with Crippen LogP contribution in [0.4, 0.5) is 14.9 Å². The first-order valence-corrected chi connectivity index (χ1v) is 4.04. The Labute approximate surface area is 74.9 Å². The highest BCUT2D eigenvalue weighted by Crippen LogP contribution is 2.28. The summed E-state index contributed by atoms with van der Waals surface area (Å²) >= 11 is 0. The van der Waals surface area contributed by atoms with E-state index in [1.54, 1.807) is 12.1 Å². The monoisotopic (exact) mass is 180 g/mol. The summed E-state index contributed by atoms with van der Waals surface area (Å²) in [5.74, 6) is -0.390. The second-order valence-electron chi connectivity index (χ2n) is 3.02. The van der Waals surface area contributed by atoms with Gasteiger partial charge in [0.15, 0.2) is 0 Å². The normalized spacial score (nSPS) is 20.2. The SMILES string of the molecule is CC1NC(=O)Nc2c(F)cccc21. The predicted octanol–water partition coefficient (Wildman–Crippen LogP) is 2.02. The third kappa shape index (κ3) is 1.24. The number of carbonyl (C=O) groups excluding carboxylic acids is 1. The molecule has 0 radical (unpaired) electrons. The lowest BCUT2D eigenvalue weighted by molar-refractivity contribution is 0.248. The number of nitrogens with one attached hydrogen (secondary N) is 2. The Morgan fingerprint density at radius 2 is 2.23 bits per heavy atom. The Morgan fingerprint density at radius 3 is 3.00 bits per heavy atom. The standard InChI is InChI=1S/C9H9FN2O/c1-5-6-3-2-4-7(10)8(6)12-9(13)11-5/h2-5H,1H3,(H2,11,12,13). The molecule has 1 aromatic rings. The number of benzene rings is 1. The van der Waals surface area contributed by atoms with E-state index in [1.165, 1.54) is 6.07 Å². The Kier molecular flexibility index (Phi) is 1.69. The Bertz CT molecular complexity index is 365. The van der Waals surface area contributed by atoms with E-state index >= 15 is 0 Å². The summed E-state index contributed by atoms with van der Waals surface area (Å²) in [5.41, 5.74) is 1.07. The van der Waals surface area contributed by atoms with Crippen LogP contribution in [-0.4, -0.2) is 6.03 Å². The van der Waals surface area contributed by atoms with Crippen LogP contribution in [-0.2, 0) is 0 Å². The maximum Gasteiger partial charge on any atom is 0.319 e. The van der Waals surface area contributed by atoms with Crippen molar-refractivity contribution in [2.24, 2.45) is 0 Å². The van der Waals surface area contributed by atoms with E-state index in [2.05, 4.69) is 10.6 Å². The highest BCUT2D eigenvalue weighted by molar-refractivity contribution is 5.93. The lowest BCUT2D eigenvalue weighted by atomic mass is 10.0. The number of fused-ring (bicyclic) bond motifs is 1. The third-order valence-corrected chi connectivity index (χ3v) is 2.10. The van der Waals surface area contributed by atoms with Crippen molar-refractivity contribution >= 4 is 11.7 Å². The Morgan fingerprint density at radius 1 is 1.46 bits per heavy atom. The molecule has 13 heavy (non-hydrogen) atoms. The lowest BCUT2D eigenvalue weighted by Crippen LogP contribution is -2.36. The second-order valence-corrected chi connectivity index (χ2v) is 3.02. The summed E-state index contributed by atoms with van der Waals surface area (Å²) in [4.78, 5) is 11.0. The quantitative estimate of drug-likeness (QED) is 0.630. The van der Waals surface area contributed by atoms with Crippen LogP contribution in [0.5, 0.6) is 0 Å². The van der Waals surface area contributed by atoms with Gasteiger partial charge in [0.2, 0.25) is 0 Å². The van der Waals surface area contributed by atoms with Gasteiger partial charge in [-0.1, -0.05) is 12.1 Å². The molecule has 1 heterocycles. The fraction of sp³-hybridized carbons (Fsp3) is 0.222. The zero-order valence-electron chi connectivity index (χ0n) is 7.10. The molecule has 0 saturated heterocycles. The van der Waals surface area contributed by atoms with Crippen LogP contribution in [0.3, 0.4) is 0 Å².